The summed E-state index contributed by atoms with van der Waals surface area (Å²) in [6.07, 6.45) is 18.9. The van der Waals surface area contributed by atoms with E-state index in [-0.39, 0.29) is 0 Å². The van der Waals surface area contributed by atoms with Gasteiger partial charge in [-0.15, -0.1) is 0 Å². The third-order valence-corrected chi connectivity index (χ3v) is 4.62. The van der Waals surface area contributed by atoms with Crippen LogP contribution in [0.15, 0.2) is 0 Å². The lowest BCUT2D eigenvalue weighted by molar-refractivity contribution is -0.0579. The van der Waals surface area contributed by atoms with Crippen LogP contribution in [0.5, 0.6) is 0 Å². The molecular weight excluding hydrogens is 244 g/mol. The van der Waals surface area contributed by atoms with Crippen molar-refractivity contribution in [2.24, 2.45) is 5.92 Å². The molecule has 2 atom stereocenters. The fourth-order valence-corrected chi connectivity index (χ4v) is 3.31. The van der Waals surface area contributed by atoms with Gasteiger partial charge in [0, 0.05) is 0 Å². The fourth-order valence-electron chi connectivity index (χ4n) is 3.31. The van der Waals surface area contributed by atoms with E-state index in [1.54, 1.807) is 0 Å². The Labute approximate surface area is 127 Å². The quantitative estimate of drug-likeness (QED) is 0.393. The number of hydrogen-bond acceptors (Lipinski definition) is 1. The number of ether oxygens (including phenoxy) is 1. The lowest BCUT2D eigenvalue weighted by Crippen LogP contribution is -2.27. The molecule has 0 aromatic carbocycles. The Bertz CT molecular complexity index is 212. The summed E-state index contributed by atoms with van der Waals surface area (Å²) in [6.45, 7) is 6.94. The van der Waals surface area contributed by atoms with Crippen molar-refractivity contribution in [1.82, 2.24) is 0 Å². The first-order chi connectivity index (χ1) is 9.72. The molecule has 120 valence electrons. The van der Waals surface area contributed by atoms with Gasteiger partial charge in [-0.1, -0.05) is 72.1 Å². The monoisotopic (exact) mass is 282 g/mol. The number of unbranched alkanes of at least 4 members (excludes halogenated alkanes) is 5. The molecule has 2 unspecified atom stereocenters. The Morgan fingerprint density at radius 1 is 0.850 bits per heavy atom. The first-order valence-corrected chi connectivity index (χ1v) is 9.37. The molecule has 0 radical (unpaired) electrons. The predicted molar refractivity (Wildman–Crippen MR) is 89.2 cm³/mol. The van der Waals surface area contributed by atoms with E-state index in [4.69, 9.17) is 4.74 Å². The minimum Gasteiger partial charge on any atom is -0.375 e. The lowest BCUT2D eigenvalue weighted by Gasteiger charge is -2.30. The molecule has 1 heterocycles. The van der Waals surface area contributed by atoms with Gasteiger partial charge in [-0.05, 0) is 38.0 Å². The third kappa shape index (κ3) is 9.00. The summed E-state index contributed by atoms with van der Waals surface area (Å²) in [6, 6.07) is 0. The maximum atomic E-state index is 6.30. The molecule has 0 N–H and O–H groups in total. The molecule has 1 rings (SSSR count). The summed E-state index contributed by atoms with van der Waals surface area (Å²) in [5.41, 5.74) is 0. The normalized spacial score (nSPS) is 23.4. The molecule has 1 saturated heterocycles. The van der Waals surface area contributed by atoms with Crippen LogP contribution in [0.2, 0.25) is 0 Å². The summed E-state index contributed by atoms with van der Waals surface area (Å²) in [5.74, 6) is 0.859. The van der Waals surface area contributed by atoms with E-state index >= 15 is 0 Å². The zero-order chi connectivity index (χ0) is 14.6. The van der Waals surface area contributed by atoms with Gasteiger partial charge < -0.3 is 4.74 Å². The molecule has 1 aliphatic rings. The molecule has 0 bridgehead atoms. The SMILES string of the molecule is CCCCCCCC1CCCC(CCCCC(C)C)O1. The highest BCUT2D eigenvalue weighted by Gasteiger charge is 2.21. The fraction of sp³-hybridized carbons (Fsp3) is 1.00. The first kappa shape index (κ1) is 18.0. The van der Waals surface area contributed by atoms with E-state index < -0.39 is 0 Å². The van der Waals surface area contributed by atoms with Crippen LogP contribution in [0.1, 0.15) is 104 Å². The zero-order valence-corrected chi connectivity index (χ0v) is 14.3. The second-order valence-electron chi connectivity index (χ2n) is 7.19. The van der Waals surface area contributed by atoms with Crippen LogP contribution in [-0.2, 0) is 4.74 Å². The van der Waals surface area contributed by atoms with Gasteiger partial charge in [0.15, 0.2) is 0 Å². The molecule has 20 heavy (non-hydrogen) atoms. The average molecular weight is 283 g/mol. The van der Waals surface area contributed by atoms with E-state index in [9.17, 15) is 0 Å². The van der Waals surface area contributed by atoms with Crippen LogP contribution in [-0.4, -0.2) is 12.2 Å². The van der Waals surface area contributed by atoms with Crippen molar-refractivity contribution in [2.75, 3.05) is 0 Å². The summed E-state index contributed by atoms with van der Waals surface area (Å²) >= 11 is 0. The van der Waals surface area contributed by atoms with Gasteiger partial charge in [0.25, 0.3) is 0 Å². The standard InChI is InChI=1S/C19H38O/c1-4-5-6-7-8-13-18-15-11-16-19(20-18)14-10-9-12-17(2)3/h17-19H,4-16H2,1-3H3. The largest absolute Gasteiger partial charge is 0.375 e. The van der Waals surface area contributed by atoms with Crippen LogP contribution in [0.3, 0.4) is 0 Å². The summed E-state index contributed by atoms with van der Waals surface area (Å²) in [5, 5.41) is 0. The molecule has 0 spiro atoms. The lowest BCUT2D eigenvalue weighted by atomic mass is 9.96. The maximum absolute atomic E-state index is 6.30. The number of hydrogen-bond donors (Lipinski definition) is 0. The zero-order valence-electron chi connectivity index (χ0n) is 14.3. The average Bonchev–Trinajstić information content (AvgIpc) is 2.44. The Morgan fingerprint density at radius 3 is 2.05 bits per heavy atom. The first-order valence-electron chi connectivity index (χ1n) is 9.37. The summed E-state index contributed by atoms with van der Waals surface area (Å²) < 4.78 is 6.30. The van der Waals surface area contributed by atoms with Crippen molar-refractivity contribution < 1.29 is 4.74 Å². The second-order valence-corrected chi connectivity index (χ2v) is 7.19. The smallest absolute Gasteiger partial charge is 0.0579 e. The van der Waals surface area contributed by atoms with Gasteiger partial charge in [-0.25, -0.2) is 0 Å². The molecule has 0 aromatic heterocycles. The summed E-state index contributed by atoms with van der Waals surface area (Å²) in [4.78, 5) is 0. The van der Waals surface area contributed by atoms with Gasteiger partial charge in [0.2, 0.25) is 0 Å². The topological polar surface area (TPSA) is 9.23 Å². The van der Waals surface area contributed by atoms with Gasteiger partial charge in [0.05, 0.1) is 12.2 Å². The molecule has 0 aliphatic carbocycles. The Kier molecular flexibility index (Phi) is 10.4. The van der Waals surface area contributed by atoms with Gasteiger partial charge in [0.1, 0.15) is 0 Å². The molecule has 0 aromatic rings. The minimum atomic E-state index is 0.580. The highest BCUT2D eigenvalue weighted by Crippen LogP contribution is 2.26. The molecule has 0 amide bonds. The Balaban J connectivity index is 2.03. The van der Waals surface area contributed by atoms with Gasteiger partial charge >= 0.3 is 0 Å². The van der Waals surface area contributed by atoms with Crippen molar-refractivity contribution in [3.8, 4) is 0 Å². The second kappa shape index (κ2) is 11.6. The minimum absolute atomic E-state index is 0.580. The van der Waals surface area contributed by atoms with E-state index in [0.29, 0.717) is 12.2 Å². The van der Waals surface area contributed by atoms with Crippen LogP contribution < -0.4 is 0 Å². The third-order valence-electron chi connectivity index (χ3n) is 4.62. The van der Waals surface area contributed by atoms with E-state index in [0.717, 1.165) is 5.92 Å². The summed E-state index contributed by atoms with van der Waals surface area (Å²) in [7, 11) is 0. The number of rotatable bonds is 11. The van der Waals surface area contributed by atoms with Crippen LogP contribution in [0, 0.1) is 5.92 Å². The van der Waals surface area contributed by atoms with Crippen LogP contribution >= 0.6 is 0 Å². The van der Waals surface area contributed by atoms with Crippen molar-refractivity contribution in [1.29, 1.82) is 0 Å². The van der Waals surface area contributed by atoms with E-state index in [1.807, 2.05) is 0 Å². The highest BCUT2D eigenvalue weighted by atomic mass is 16.5. The van der Waals surface area contributed by atoms with Gasteiger partial charge in [-0.2, -0.15) is 0 Å². The van der Waals surface area contributed by atoms with E-state index in [1.165, 1.54) is 83.5 Å². The van der Waals surface area contributed by atoms with Crippen molar-refractivity contribution >= 4 is 0 Å². The maximum Gasteiger partial charge on any atom is 0.0579 e. The van der Waals surface area contributed by atoms with Gasteiger partial charge in [-0.3, -0.25) is 0 Å². The Hall–Kier alpha value is -0.0400. The highest BCUT2D eigenvalue weighted by molar-refractivity contribution is 4.71. The van der Waals surface area contributed by atoms with E-state index in [2.05, 4.69) is 20.8 Å². The van der Waals surface area contributed by atoms with Crippen molar-refractivity contribution in [3.63, 3.8) is 0 Å². The molecule has 0 saturated carbocycles. The molecule has 1 heteroatoms. The predicted octanol–water partition coefficient (Wildman–Crippen LogP) is 6.50. The van der Waals surface area contributed by atoms with Crippen LogP contribution in [0.4, 0.5) is 0 Å². The molecule has 1 fully saturated rings. The Morgan fingerprint density at radius 2 is 1.45 bits per heavy atom. The van der Waals surface area contributed by atoms with Crippen molar-refractivity contribution in [2.45, 2.75) is 116 Å². The molecular formula is C19H38O. The van der Waals surface area contributed by atoms with Crippen LogP contribution in [0.25, 0.3) is 0 Å². The van der Waals surface area contributed by atoms with Crippen molar-refractivity contribution in [3.05, 3.63) is 0 Å². The molecule has 1 aliphatic heterocycles. The molecule has 1 nitrogen and oxygen atoms in total.